The minimum Gasteiger partial charge on any atom is -0.478 e. The van der Waals surface area contributed by atoms with Gasteiger partial charge in [-0.15, -0.1) is 0 Å². The van der Waals surface area contributed by atoms with Crippen LogP contribution in [0.15, 0.2) is 49.6 Å². The number of pyridine rings is 1. The van der Waals surface area contributed by atoms with Crippen LogP contribution in [0.3, 0.4) is 0 Å². The Morgan fingerprint density at radius 3 is 1.71 bits per heavy atom. The van der Waals surface area contributed by atoms with Crippen LogP contribution >= 0.6 is 0 Å². The number of esters is 2. The molecular formula is C24H31N5O6+2. The van der Waals surface area contributed by atoms with Crippen LogP contribution in [0.1, 0.15) is 49.9 Å². The third kappa shape index (κ3) is 7.49. The number of carboxylic acid groups (broad SMARTS) is 1. The lowest BCUT2D eigenvalue weighted by Crippen LogP contribution is -2.31. The van der Waals surface area contributed by atoms with Crippen molar-refractivity contribution in [2.24, 2.45) is 0 Å². The van der Waals surface area contributed by atoms with Gasteiger partial charge < -0.3 is 14.6 Å². The Morgan fingerprint density at radius 2 is 1.31 bits per heavy atom. The highest BCUT2D eigenvalue weighted by molar-refractivity contribution is 5.88. The number of aromatic nitrogens is 5. The molecule has 3 rings (SSSR count). The highest BCUT2D eigenvalue weighted by Crippen LogP contribution is 2.14. The standard InChI is InChI=1S/C24H30N5O6/c1-3-34-22(30)7-5-9-26-11-13-28(17-26)20-15-19(24(32)33)16-21(25-20)29-14-12-27(18-29)10-6-8-23(31)35-4-2/h11-18H,3-10H2,1-2H3/q+1/p+1. The summed E-state index contributed by atoms with van der Waals surface area (Å²) in [5, 5.41) is 9.62. The Hall–Kier alpha value is -4.02. The summed E-state index contributed by atoms with van der Waals surface area (Å²) in [4.78, 5) is 39.4. The van der Waals surface area contributed by atoms with Gasteiger partial charge in [-0.2, -0.15) is 14.1 Å². The van der Waals surface area contributed by atoms with Crippen molar-refractivity contribution in [3.63, 3.8) is 0 Å². The molecule has 0 spiro atoms. The molecule has 0 aromatic carbocycles. The molecule has 11 heteroatoms. The first-order valence-corrected chi connectivity index (χ1v) is 11.6. The van der Waals surface area contributed by atoms with Gasteiger partial charge in [-0.25, -0.2) is 13.9 Å². The second-order valence-corrected chi connectivity index (χ2v) is 7.81. The average Bonchev–Trinajstić information content (AvgIpc) is 3.49. The normalized spacial score (nSPS) is 10.8. The van der Waals surface area contributed by atoms with Crippen molar-refractivity contribution < 1.29 is 38.1 Å². The molecule has 0 atom stereocenters. The van der Waals surface area contributed by atoms with Crippen molar-refractivity contribution in [2.75, 3.05) is 13.2 Å². The molecular weight excluding hydrogens is 454 g/mol. The summed E-state index contributed by atoms with van der Waals surface area (Å²) in [6.45, 7) is 5.51. The van der Waals surface area contributed by atoms with Crippen LogP contribution in [0.4, 0.5) is 0 Å². The molecule has 0 saturated carbocycles. The molecule has 0 fully saturated rings. The maximum Gasteiger partial charge on any atom is 0.336 e. The van der Waals surface area contributed by atoms with Crippen LogP contribution in [0.5, 0.6) is 0 Å². The van der Waals surface area contributed by atoms with E-state index in [1.807, 2.05) is 21.5 Å². The number of aromatic carboxylic acids is 1. The second kappa shape index (κ2) is 12.4. The van der Waals surface area contributed by atoms with Gasteiger partial charge in [0.1, 0.15) is 24.8 Å². The Labute approximate surface area is 203 Å². The minimum absolute atomic E-state index is 0.107. The first-order chi connectivity index (χ1) is 16.9. The van der Waals surface area contributed by atoms with E-state index in [0.29, 0.717) is 63.6 Å². The molecule has 0 aliphatic carbocycles. The molecule has 0 aliphatic rings. The quantitative estimate of drug-likeness (QED) is 0.289. The molecule has 0 saturated heterocycles. The molecule has 0 aliphatic heterocycles. The van der Waals surface area contributed by atoms with Gasteiger partial charge in [0.2, 0.25) is 24.3 Å². The van der Waals surface area contributed by atoms with Crippen molar-refractivity contribution in [2.45, 2.75) is 52.6 Å². The lowest BCUT2D eigenvalue weighted by atomic mass is 10.2. The first kappa shape index (κ1) is 25.6. The van der Waals surface area contributed by atoms with E-state index in [0.717, 1.165) is 0 Å². The third-order valence-electron chi connectivity index (χ3n) is 5.16. The summed E-state index contributed by atoms with van der Waals surface area (Å²) in [7, 11) is 0. The molecule has 186 valence electrons. The van der Waals surface area contributed by atoms with E-state index in [1.165, 1.54) is 12.1 Å². The van der Waals surface area contributed by atoms with Gasteiger partial charge in [0.15, 0.2) is 0 Å². The fourth-order valence-electron chi connectivity index (χ4n) is 3.49. The van der Waals surface area contributed by atoms with Crippen LogP contribution in [-0.2, 0) is 32.2 Å². The van der Waals surface area contributed by atoms with Gasteiger partial charge in [0.25, 0.3) is 0 Å². The SMILES string of the molecule is CCOC(=O)CCC[n+]1ccn(-c2cc(C(=O)O)cc(-n3cc[n+](CCCC(=O)OCC)c3)n2)c1. The van der Waals surface area contributed by atoms with Gasteiger partial charge in [-0.1, -0.05) is 0 Å². The number of rotatable bonds is 13. The fraction of sp³-hybridized carbons (Fsp3) is 0.417. The summed E-state index contributed by atoms with van der Waals surface area (Å²) in [5.74, 6) is -0.604. The van der Waals surface area contributed by atoms with E-state index in [9.17, 15) is 19.5 Å². The molecule has 3 aromatic heterocycles. The first-order valence-electron chi connectivity index (χ1n) is 11.6. The molecule has 0 amide bonds. The monoisotopic (exact) mass is 485 g/mol. The summed E-state index contributed by atoms with van der Waals surface area (Å²) in [6.07, 6.45) is 12.8. The number of hydrogen-bond acceptors (Lipinski definition) is 6. The number of aryl methyl sites for hydroxylation is 2. The topological polar surface area (TPSA) is 120 Å². The number of imidazole rings is 2. The maximum absolute atomic E-state index is 11.8. The molecule has 0 unspecified atom stereocenters. The number of hydrogen-bond donors (Lipinski definition) is 1. The molecule has 11 nitrogen and oxygen atoms in total. The summed E-state index contributed by atoms with van der Waals surface area (Å²) >= 11 is 0. The van der Waals surface area contributed by atoms with Gasteiger partial charge in [0, 0.05) is 25.0 Å². The Bertz CT molecular complexity index is 1090. The van der Waals surface area contributed by atoms with Crippen LogP contribution in [0, 0.1) is 0 Å². The van der Waals surface area contributed by atoms with Crippen LogP contribution in [-0.4, -0.2) is 50.3 Å². The largest absolute Gasteiger partial charge is 0.478 e. The fourth-order valence-corrected chi connectivity index (χ4v) is 3.49. The highest BCUT2D eigenvalue weighted by atomic mass is 16.5. The third-order valence-corrected chi connectivity index (χ3v) is 5.16. The molecule has 3 aromatic rings. The Balaban J connectivity index is 1.72. The molecule has 1 N–H and O–H groups in total. The molecule has 0 bridgehead atoms. The highest BCUT2D eigenvalue weighted by Gasteiger charge is 2.18. The average molecular weight is 486 g/mol. The lowest BCUT2D eigenvalue weighted by Gasteiger charge is -2.02. The zero-order valence-electron chi connectivity index (χ0n) is 20.0. The van der Waals surface area contributed by atoms with Crippen molar-refractivity contribution >= 4 is 17.9 Å². The van der Waals surface area contributed by atoms with E-state index in [4.69, 9.17) is 9.47 Å². The molecule has 0 radical (unpaired) electrons. The summed E-state index contributed by atoms with van der Waals surface area (Å²) < 4.78 is 17.2. The summed E-state index contributed by atoms with van der Waals surface area (Å²) in [6, 6.07) is 3.01. The van der Waals surface area contributed by atoms with Crippen LogP contribution < -0.4 is 9.13 Å². The smallest absolute Gasteiger partial charge is 0.336 e. The number of ether oxygens (including phenoxy) is 2. The van der Waals surface area contributed by atoms with Crippen LogP contribution in [0.25, 0.3) is 11.6 Å². The van der Waals surface area contributed by atoms with E-state index < -0.39 is 5.97 Å². The van der Waals surface area contributed by atoms with Gasteiger partial charge >= 0.3 is 17.9 Å². The number of carbonyl (C=O) groups is 3. The Morgan fingerprint density at radius 1 is 0.857 bits per heavy atom. The van der Waals surface area contributed by atoms with E-state index in [1.54, 1.807) is 48.0 Å². The van der Waals surface area contributed by atoms with Crippen molar-refractivity contribution in [1.82, 2.24) is 14.1 Å². The number of carboxylic acids is 1. The zero-order chi connectivity index (χ0) is 25.2. The molecule has 3 heterocycles. The van der Waals surface area contributed by atoms with Crippen molar-refractivity contribution in [3.05, 3.63) is 55.1 Å². The lowest BCUT2D eigenvalue weighted by molar-refractivity contribution is -0.696. The second-order valence-electron chi connectivity index (χ2n) is 7.81. The van der Waals surface area contributed by atoms with E-state index >= 15 is 0 Å². The zero-order valence-corrected chi connectivity index (χ0v) is 20.0. The van der Waals surface area contributed by atoms with Crippen LogP contribution in [0.2, 0.25) is 0 Å². The maximum atomic E-state index is 11.8. The van der Waals surface area contributed by atoms with E-state index in [-0.39, 0.29) is 17.5 Å². The van der Waals surface area contributed by atoms with E-state index in [2.05, 4.69) is 4.98 Å². The van der Waals surface area contributed by atoms with Gasteiger partial charge in [-0.05, 0) is 26.7 Å². The number of nitrogens with zero attached hydrogens (tertiary/aromatic N) is 5. The summed E-state index contributed by atoms with van der Waals surface area (Å²) in [5.41, 5.74) is 0.107. The molecule has 35 heavy (non-hydrogen) atoms. The number of carbonyl (C=O) groups excluding carboxylic acids is 2. The Kier molecular flexibility index (Phi) is 9.10. The van der Waals surface area contributed by atoms with Gasteiger partial charge in [0.05, 0.1) is 31.9 Å². The van der Waals surface area contributed by atoms with Gasteiger partial charge in [-0.3, -0.25) is 9.59 Å². The minimum atomic E-state index is -1.06. The predicted molar refractivity (Wildman–Crippen MR) is 122 cm³/mol. The van der Waals surface area contributed by atoms with Crippen molar-refractivity contribution in [3.8, 4) is 11.6 Å². The predicted octanol–water partition coefficient (Wildman–Crippen LogP) is 1.62. The van der Waals surface area contributed by atoms with Crippen molar-refractivity contribution in [1.29, 1.82) is 0 Å².